The summed E-state index contributed by atoms with van der Waals surface area (Å²) in [4.78, 5) is 24.8. The van der Waals surface area contributed by atoms with Crippen molar-refractivity contribution < 1.29 is 14.3 Å². The standard InChI is InChI=1S/C31H28O3/c1-23(21-22-32)30(26-17-9-4-10-18-26)34-31(33)28-20-12-11-19-27(28)29(24-13-5-2-6-14-24)25-15-7-3-8-16-25/h2-20,22-23,29-30H,21H2,1H3/t23-,30+/m0/s1. The molecule has 0 spiro atoms. The highest BCUT2D eigenvalue weighted by Crippen LogP contribution is 2.35. The molecule has 4 aromatic carbocycles. The average molecular weight is 449 g/mol. The van der Waals surface area contributed by atoms with Gasteiger partial charge >= 0.3 is 5.97 Å². The molecule has 0 aromatic heterocycles. The van der Waals surface area contributed by atoms with Gasteiger partial charge in [0, 0.05) is 18.3 Å². The van der Waals surface area contributed by atoms with Crippen molar-refractivity contribution in [1.82, 2.24) is 0 Å². The van der Waals surface area contributed by atoms with Gasteiger partial charge in [-0.2, -0.15) is 0 Å². The second-order valence-electron chi connectivity index (χ2n) is 8.46. The minimum atomic E-state index is -0.515. The first-order valence-corrected chi connectivity index (χ1v) is 11.6. The summed E-state index contributed by atoms with van der Waals surface area (Å²) < 4.78 is 6.10. The Morgan fingerprint density at radius 3 is 1.71 bits per heavy atom. The third kappa shape index (κ3) is 5.32. The van der Waals surface area contributed by atoms with Crippen LogP contribution in [0, 0.1) is 5.92 Å². The Morgan fingerprint density at radius 1 is 0.706 bits per heavy atom. The van der Waals surface area contributed by atoms with E-state index in [9.17, 15) is 9.59 Å². The van der Waals surface area contributed by atoms with E-state index < -0.39 is 6.10 Å². The highest BCUT2D eigenvalue weighted by molar-refractivity contribution is 5.92. The van der Waals surface area contributed by atoms with E-state index in [1.165, 1.54) is 0 Å². The molecule has 0 aliphatic heterocycles. The summed E-state index contributed by atoms with van der Waals surface area (Å²) in [6.07, 6.45) is 0.674. The third-order valence-corrected chi connectivity index (χ3v) is 6.10. The Kier molecular flexibility index (Phi) is 7.67. The van der Waals surface area contributed by atoms with Gasteiger partial charge in [0.1, 0.15) is 12.4 Å². The van der Waals surface area contributed by atoms with Crippen molar-refractivity contribution in [2.24, 2.45) is 5.92 Å². The van der Waals surface area contributed by atoms with Crippen LogP contribution in [0.5, 0.6) is 0 Å². The van der Waals surface area contributed by atoms with E-state index in [0.29, 0.717) is 12.0 Å². The van der Waals surface area contributed by atoms with E-state index in [4.69, 9.17) is 4.74 Å². The Hall–Kier alpha value is -3.98. The van der Waals surface area contributed by atoms with Gasteiger partial charge in [-0.15, -0.1) is 0 Å². The van der Waals surface area contributed by atoms with Crippen molar-refractivity contribution in [2.75, 3.05) is 0 Å². The molecule has 0 unspecified atom stereocenters. The van der Waals surface area contributed by atoms with Crippen LogP contribution in [0.4, 0.5) is 0 Å². The molecule has 0 saturated carbocycles. The number of ether oxygens (including phenoxy) is 1. The van der Waals surface area contributed by atoms with Crippen LogP contribution < -0.4 is 0 Å². The van der Waals surface area contributed by atoms with Crippen LogP contribution in [-0.2, 0) is 9.53 Å². The number of rotatable bonds is 9. The SMILES string of the molecule is C[C@@H](CC=O)[C@@H](OC(=O)c1ccccc1C(c1ccccc1)c1ccccc1)c1ccccc1. The third-order valence-electron chi connectivity index (χ3n) is 6.10. The molecule has 4 aromatic rings. The molecule has 34 heavy (non-hydrogen) atoms. The average Bonchev–Trinajstić information content (AvgIpc) is 2.89. The summed E-state index contributed by atoms with van der Waals surface area (Å²) in [5.41, 5.74) is 4.50. The molecule has 0 bridgehead atoms. The lowest BCUT2D eigenvalue weighted by atomic mass is 9.83. The highest BCUT2D eigenvalue weighted by Gasteiger charge is 2.27. The molecule has 0 radical (unpaired) electrons. The van der Waals surface area contributed by atoms with E-state index in [1.807, 2.05) is 97.9 Å². The molecule has 0 heterocycles. The summed E-state index contributed by atoms with van der Waals surface area (Å²) in [5, 5.41) is 0. The molecule has 0 N–H and O–H groups in total. The summed E-state index contributed by atoms with van der Waals surface area (Å²) in [6.45, 7) is 1.93. The number of carbonyl (C=O) groups is 2. The molecule has 0 aliphatic carbocycles. The fourth-order valence-corrected chi connectivity index (χ4v) is 4.39. The molecule has 0 saturated heterocycles. The largest absolute Gasteiger partial charge is 0.454 e. The number of hydrogen-bond acceptors (Lipinski definition) is 3. The van der Waals surface area contributed by atoms with E-state index >= 15 is 0 Å². The van der Waals surface area contributed by atoms with E-state index in [2.05, 4.69) is 24.3 Å². The summed E-state index contributed by atoms with van der Waals surface area (Å²) in [7, 11) is 0. The van der Waals surface area contributed by atoms with Gasteiger partial charge in [0.25, 0.3) is 0 Å². The highest BCUT2D eigenvalue weighted by atomic mass is 16.5. The smallest absolute Gasteiger partial charge is 0.339 e. The lowest BCUT2D eigenvalue weighted by molar-refractivity contribution is -0.109. The lowest BCUT2D eigenvalue weighted by Crippen LogP contribution is -2.20. The van der Waals surface area contributed by atoms with Crippen molar-refractivity contribution in [3.63, 3.8) is 0 Å². The minimum Gasteiger partial charge on any atom is -0.454 e. The van der Waals surface area contributed by atoms with Crippen molar-refractivity contribution >= 4 is 12.3 Å². The molecule has 3 heteroatoms. The number of aldehydes is 1. The molecule has 0 fully saturated rings. The fraction of sp³-hybridized carbons (Fsp3) is 0.161. The number of carbonyl (C=O) groups excluding carboxylic acids is 2. The maximum Gasteiger partial charge on any atom is 0.339 e. The Morgan fingerprint density at radius 2 is 1.18 bits per heavy atom. The van der Waals surface area contributed by atoms with Crippen molar-refractivity contribution in [2.45, 2.75) is 25.4 Å². The quantitative estimate of drug-likeness (QED) is 0.157. The topological polar surface area (TPSA) is 43.4 Å². The van der Waals surface area contributed by atoms with Crippen LogP contribution in [-0.4, -0.2) is 12.3 Å². The summed E-state index contributed by atoms with van der Waals surface area (Å²) in [5.74, 6) is -0.650. The molecular weight excluding hydrogens is 420 g/mol. The zero-order valence-corrected chi connectivity index (χ0v) is 19.2. The predicted octanol–water partition coefficient (Wildman–Crippen LogP) is 6.99. The Balaban J connectivity index is 1.74. The zero-order chi connectivity index (χ0) is 23.8. The maximum absolute atomic E-state index is 13.6. The number of hydrogen-bond donors (Lipinski definition) is 0. The van der Waals surface area contributed by atoms with Crippen molar-refractivity contribution in [3.05, 3.63) is 143 Å². The van der Waals surface area contributed by atoms with Gasteiger partial charge in [0.2, 0.25) is 0 Å². The van der Waals surface area contributed by atoms with E-state index in [0.717, 1.165) is 28.5 Å². The molecule has 0 amide bonds. The Bertz CT molecular complexity index is 1160. The first-order chi connectivity index (χ1) is 16.7. The second kappa shape index (κ2) is 11.2. The Labute approximate surface area is 201 Å². The monoisotopic (exact) mass is 448 g/mol. The van der Waals surface area contributed by atoms with Crippen LogP contribution in [0.25, 0.3) is 0 Å². The molecule has 3 nitrogen and oxygen atoms in total. The first-order valence-electron chi connectivity index (χ1n) is 11.6. The van der Waals surface area contributed by atoms with Crippen molar-refractivity contribution in [3.8, 4) is 0 Å². The number of esters is 1. The van der Waals surface area contributed by atoms with Crippen LogP contribution in [0.15, 0.2) is 115 Å². The molecule has 4 rings (SSSR count). The minimum absolute atomic E-state index is 0.117. The van der Waals surface area contributed by atoms with Gasteiger partial charge in [-0.1, -0.05) is 116 Å². The van der Waals surface area contributed by atoms with Gasteiger partial charge in [0.15, 0.2) is 0 Å². The van der Waals surface area contributed by atoms with Crippen LogP contribution in [0.3, 0.4) is 0 Å². The van der Waals surface area contributed by atoms with Gasteiger partial charge in [0.05, 0.1) is 5.56 Å². The molecule has 0 aliphatic rings. The molecule has 170 valence electrons. The van der Waals surface area contributed by atoms with E-state index in [1.54, 1.807) is 0 Å². The maximum atomic E-state index is 13.6. The fourth-order valence-electron chi connectivity index (χ4n) is 4.39. The van der Waals surface area contributed by atoms with Gasteiger partial charge in [-0.05, 0) is 28.3 Å². The number of benzene rings is 4. The molecule has 2 atom stereocenters. The lowest BCUT2D eigenvalue weighted by Gasteiger charge is -2.25. The summed E-state index contributed by atoms with van der Waals surface area (Å²) >= 11 is 0. The van der Waals surface area contributed by atoms with Crippen LogP contribution >= 0.6 is 0 Å². The zero-order valence-electron chi connectivity index (χ0n) is 19.2. The predicted molar refractivity (Wildman–Crippen MR) is 135 cm³/mol. The first kappa shape index (κ1) is 23.2. The summed E-state index contributed by atoms with van der Waals surface area (Å²) in [6, 6.07) is 37.6. The van der Waals surface area contributed by atoms with Crippen molar-refractivity contribution in [1.29, 1.82) is 0 Å². The van der Waals surface area contributed by atoms with Gasteiger partial charge in [-0.3, -0.25) is 0 Å². The second-order valence-corrected chi connectivity index (χ2v) is 8.46. The van der Waals surface area contributed by atoms with Gasteiger partial charge < -0.3 is 9.53 Å². The van der Waals surface area contributed by atoms with Gasteiger partial charge in [-0.25, -0.2) is 4.79 Å². The van der Waals surface area contributed by atoms with Crippen LogP contribution in [0.1, 0.15) is 58.0 Å². The van der Waals surface area contributed by atoms with Crippen LogP contribution in [0.2, 0.25) is 0 Å². The molecular formula is C31H28O3. The normalized spacial score (nSPS) is 12.6. The van der Waals surface area contributed by atoms with E-state index in [-0.39, 0.29) is 17.8 Å².